The number of likely N-dealkylation sites (N-methyl/N-ethyl adjacent to an activating group) is 1. The van der Waals surface area contributed by atoms with Gasteiger partial charge in [0.25, 0.3) is 0 Å². The van der Waals surface area contributed by atoms with Crippen molar-refractivity contribution in [1.82, 2.24) is 4.31 Å². The van der Waals surface area contributed by atoms with E-state index < -0.39 is 15.9 Å². The Kier molecular flexibility index (Phi) is 6.45. The highest BCUT2D eigenvalue weighted by Crippen LogP contribution is 2.38. The van der Waals surface area contributed by atoms with Crippen LogP contribution in [0.25, 0.3) is 0 Å². The minimum atomic E-state index is -3.87. The molecule has 0 bridgehead atoms. The van der Waals surface area contributed by atoms with Gasteiger partial charge in [-0.3, -0.25) is 9.59 Å². The van der Waals surface area contributed by atoms with Gasteiger partial charge in [-0.15, -0.1) is 0 Å². The average molecular weight is 472 g/mol. The molecule has 2 amide bonds. The smallest absolute Gasteiger partial charge is 0.243 e. The molecule has 1 saturated carbocycles. The van der Waals surface area contributed by atoms with Crippen molar-refractivity contribution in [2.24, 2.45) is 5.92 Å². The maximum atomic E-state index is 13.1. The lowest BCUT2D eigenvalue weighted by molar-refractivity contribution is -0.125. The molecule has 2 aromatic carbocycles. The first kappa shape index (κ1) is 23.3. The van der Waals surface area contributed by atoms with E-state index in [1.807, 2.05) is 11.8 Å². The number of nitrogens with one attached hydrogen (secondary N) is 1. The van der Waals surface area contributed by atoms with E-state index in [9.17, 15) is 18.0 Å². The second-order valence-electron chi connectivity index (χ2n) is 8.72. The number of fused-ring (bicyclic) bond motifs is 1. The third-order valence-electron chi connectivity index (χ3n) is 6.41. The van der Waals surface area contributed by atoms with Crippen LogP contribution < -0.4 is 15.0 Å². The topological polar surface area (TPSA) is 96.0 Å². The molecule has 0 radical (unpaired) electrons. The normalized spacial score (nSPS) is 18.1. The summed E-state index contributed by atoms with van der Waals surface area (Å²) in [7, 11) is -0.942. The number of rotatable bonds is 7. The van der Waals surface area contributed by atoms with Crippen LogP contribution in [0.4, 0.5) is 11.4 Å². The predicted octanol–water partition coefficient (Wildman–Crippen LogP) is 3.03. The molecular formula is C24H29N3O5S. The van der Waals surface area contributed by atoms with Gasteiger partial charge >= 0.3 is 0 Å². The summed E-state index contributed by atoms with van der Waals surface area (Å²) < 4.78 is 32.3. The fraction of sp³-hybridized carbons (Fsp3) is 0.417. The number of hydrogen-bond acceptors (Lipinski definition) is 5. The Morgan fingerprint density at radius 1 is 1.15 bits per heavy atom. The Morgan fingerprint density at radius 3 is 2.45 bits per heavy atom. The molecule has 9 heteroatoms. The molecule has 1 atom stereocenters. The molecule has 1 fully saturated rings. The predicted molar refractivity (Wildman–Crippen MR) is 126 cm³/mol. The van der Waals surface area contributed by atoms with Gasteiger partial charge in [-0.1, -0.05) is 6.42 Å². The highest BCUT2D eigenvalue weighted by atomic mass is 32.2. The van der Waals surface area contributed by atoms with Crippen LogP contribution in [0.3, 0.4) is 0 Å². The zero-order chi connectivity index (χ0) is 23.8. The van der Waals surface area contributed by atoms with E-state index in [4.69, 9.17) is 4.74 Å². The highest BCUT2D eigenvalue weighted by molar-refractivity contribution is 7.89. The van der Waals surface area contributed by atoms with Gasteiger partial charge in [0.05, 0.1) is 18.6 Å². The summed E-state index contributed by atoms with van der Waals surface area (Å²) in [4.78, 5) is 27.2. The van der Waals surface area contributed by atoms with Crippen molar-refractivity contribution in [2.45, 2.75) is 43.5 Å². The molecule has 0 spiro atoms. The van der Waals surface area contributed by atoms with Crippen LogP contribution in [-0.4, -0.2) is 51.3 Å². The molecule has 0 aromatic heterocycles. The number of amides is 2. The van der Waals surface area contributed by atoms with E-state index >= 15 is 0 Å². The first-order valence-electron chi connectivity index (χ1n) is 11.1. The molecule has 1 aliphatic carbocycles. The Hall–Kier alpha value is -2.91. The molecule has 1 aliphatic heterocycles. The zero-order valence-corrected chi connectivity index (χ0v) is 19.9. The maximum Gasteiger partial charge on any atom is 0.243 e. The monoisotopic (exact) mass is 471 g/mol. The third kappa shape index (κ3) is 4.60. The number of carbonyl (C=O) groups excluding carboxylic acids is 2. The Balaban J connectivity index is 1.46. The van der Waals surface area contributed by atoms with E-state index in [-0.39, 0.29) is 29.3 Å². The van der Waals surface area contributed by atoms with Crippen molar-refractivity contribution < 1.29 is 22.7 Å². The van der Waals surface area contributed by atoms with Crippen LogP contribution in [0.15, 0.2) is 47.4 Å². The summed E-state index contributed by atoms with van der Waals surface area (Å²) in [5.41, 5.74) is 2.18. The van der Waals surface area contributed by atoms with Crippen LogP contribution in [0.2, 0.25) is 0 Å². The Morgan fingerprint density at radius 2 is 1.85 bits per heavy atom. The molecule has 0 saturated heterocycles. The SMILES string of the molecule is COc1ccc(NC(=O)CN(C)S(=O)(=O)c2ccc3c(c2)C[C@@H](C)N3C(=O)C2CCC2)cc1. The molecule has 1 heterocycles. The highest BCUT2D eigenvalue weighted by Gasteiger charge is 2.37. The van der Waals surface area contributed by atoms with Gasteiger partial charge in [0.2, 0.25) is 21.8 Å². The van der Waals surface area contributed by atoms with Gasteiger partial charge in [-0.25, -0.2) is 8.42 Å². The quantitative estimate of drug-likeness (QED) is 0.670. The van der Waals surface area contributed by atoms with Gasteiger partial charge in [0, 0.05) is 30.4 Å². The second kappa shape index (κ2) is 9.15. The standard InChI is InChI=1S/C24H29N3O5S/c1-16-13-18-14-21(11-12-22(18)27(16)24(29)17-5-4-6-17)33(30,31)26(2)15-23(28)25-19-7-9-20(32-3)10-8-19/h7-12,14,16-17H,4-6,13,15H2,1-3H3,(H,25,28)/t16-/m1/s1. The number of benzene rings is 2. The van der Waals surface area contributed by atoms with E-state index in [0.29, 0.717) is 17.9 Å². The lowest BCUT2D eigenvalue weighted by Gasteiger charge is -2.32. The molecule has 33 heavy (non-hydrogen) atoms. The van der Waals surface area contributed by atoms with Crippen molar-refractivity contribution in [3.63, 3.8) is 0 Å². The zero-order valence-electron chi connectivity index (χ0n) is 19.1. The molecule has 176 valence electrons. The molecule has 2 aromatic rings. The number of methoxy groups -OCH3 is 1. The van der Waals surface area contributed by atoms with Gasteiger partial charge < -0.3 is 15.0 Å². The molecule has 4 rings (SSSR count). The van der Waals surface area contributed by atoms with Gasteiger partial charge in [0.1, 0.15) is 5.75 Å². The minimum Gasteiger partial charge on any atom is -0.497 e. The number of ether oxygens (including phenoxy) is 1. The summed E-state index contributed by atoms with van der Waals surface area (Å²) >= 11 is 0. The van der Waals surface area contributed by atoms with Crippen LogP contribution in [0, 0.1) is 5.92 Å². The number of nitrogens with zero attached hydrogens (tertiary/aromatic N) is 2. The number of sulfonamides is 1. The van der Waals surface area contributed by atoms with Crippen molar-refractivity contribution in [1.29, 1.82) is 0 Å². The number of hydrogen-bond donors (Lipinski definition) is 1. The number of anilines is 2. The third-order valence-corrected chi connectivity index (χ3v) is 8.21. The van der Waals surface area contributed by atoms with Crippen LogP contribution in [0.5, 0.6) is 5.75 Å². The summed E-state index contributed by atoms with van der Waals surface area (Å²) in [6, 6.07) is 11.7. The summed E-state index contributed by atoms with van der Waals surface area (Å²) in [6.07, 6.45) is 3.54. The fourth-order valence-corrected chi connectivity index (χ4v) is 5.48. The largest absolute Gasteiger partial charge is 0.497 e. The average Bonchev–Trinajstić information content (AvgIpc) is 3.07. The molecular weight excluding hydrogens is 442 g/mol. The maximum absolute atomic E-state index is 13.1. The van der Waals surface area contributed by atoms with Crippen molar-refractivity contribution in [3.8, 4) is 5.75 Å². The van der Waals surface area contributed by atoms with E-state index in [1.165, 1.54) is 13.1 Å². The van der Waals surface area contributed by atoms with Crippen LogP contribution in [0.1, 0.15) is 31.7 Å². The number of carbonyl (C=O) groups is 2. The summed E-state index contributed by atoms with van der Waals surface area (Å²) in [6.45, 7) is 1.66. The first-order valence-corrected chi connectivity index (χ1v) is 12.5. The lowest BCUT2D eigenvalue weighted by atomic mass is 9.84. The first-order chi connectivity index (χ1) is 15.7. The second-order valence-corrected chi connectivity index (χ2v) is 10.8. The van der Waals surface area contributed by atoms with Crippen molar-refractivity contribution in [2.75, 3.05) is 30.9 Å². The minimum absolute atomic E-state index is 0.000872. The Labute approximate surface area is 194 Å². The van der Waals surface area contributed by atoms with E-state index in [0.717, 1.165) is 34.8 Å². The van der Waals surface area contributed by atoms with Gasteiger partial charge in [-0.05, 0) is 74.2 Å². The van der Waals surface area contributed by atoms with E-state index in [1.54, 1.807) is 43.5 Å². The van der Waals surface area contributed by atoms with Crippen molar-refractivity contribution >= 4 is 33.2 Å². The molecule has 0 unspecified atom stereocenters. The summed E-state index contributed by atoms with van der Waals surface area (Å²) in [5.74, 6) is 0.428. The van der Waals surface area contributed by atoms with Crippen LogP contribution >= 0.6 is 0 Å². The molecule has 2 aliphatic rings. The Bertz CT molecular complexity index is 1160. The van der Waals surface area contributed by atoms with Crippen LogP contribution in [-0.2, 0) is 26.0 Å². The summed E-state index contributed by atoms with van der Waals surface area (Å²) in [5, 5.41) is 2.69. The van der Waals surface area contributed by atoms with Gasteiger partial charge in [0.15, 0.2) is 0 Å². The molecule has 8 nitrogen and oxygen atoms in total. The molecule has 1 N–H and O–H groups in total. The van der Waals surface area contributed by atoms with Crippen molar-refractivity contribution in [3.05, 3.63) is 48.0 Å². The lowest BCUT2D eigenvalue weighted by Crippen LogP contribution is -2.42. The van der Waals surface area contributed by atoms with E-state index in [2.05, 4.69) is 5.32 Å². The fourth-order valence-electron chi connectivity index (χ4n) is 4.30. The van der Waals surface area contributed by atoms with Gasteiger partial charge in [-0.2, -0.15) is 4.31 Å².